The molecule has 0 fully saturated rings. The maximum absolute atomic E-state index is 9.05. The third-order valence-electron chi connectivity index (χ3n) is 2.44. The van der Waals surface area contributed by atoms with Gasteiger partial charge in [0.2, 0.25) is 0 Å². The molecule has 0 spiro atoms. The number of nitrogens with one attached hydrogen (secondary N) is 1. The first-order valence-electron chi connectivity index (χ1n) is 5.20. The van der Waals surface area contributed by atoms with Crippen LogP contribution in [0.15, 0.2) is 40.2 Å². The van der Waals surface area contributed by atoms with Crippen molar-refractivity contribution in [1.82, 2.24) is 0 Å². The minimum absolute atomic E-state index is 0.205. The Kier molecular flexibility index (Phi) is 3.82. The molecule has 17 heavy (non-hydrogen) atoms. The lowest BCUT2D eigenvalue weighted by Crippen LogP contribution is -2.06. The SMILES string of the molecule is CC(Nc1cc(Br)ccc1C#N)c1cccs1. The number of rotatable bonds is 3. The van der Waals surface area contributed by atoms with Crippen LogP contribution in [0, 0.1) is 11.3 Å². The normalized spacial score (nSPS) is 11.8. The number of nitriles is 1. The Morgan fingerprint density at radius 2 is 2.24 bits per heavy atom. The van der Waals surface area contributed by atoms with E-state index < -0.39 is 0 Å². The number of halogens is 1. The molecule has 2 nitrogen and oxygen atoms in total. The summed E-state index contributed by atoms with van der Waals surface area (Å²) in [7, 11) is 0. The third-order valence-corrected chi connectivity index (χ3v) is 3.99. The average Bonchev–Trinajstić information content (AvgIpc) is 2.83. The van der Waals surface area contributed by atoms with Crippen molar-refractivity contribution < 1.29 is 0 Å². The van der Waals surface area contributed by atoms with Crippen molar-refractivity contribution in [2.45, 2.75) is 13.0 Å². The fourth-order valence-electron chi connectivity index (χ4n) is 1.58. The van der Waals surface area contributed by atoms with Crippen molar-refractivity contribution in [3.63, 3.8) is 0 Å². The molecular formula is C13H11BrN2S. The first-order chi connectivity index (χ1) is 8.20. The van der Waals surface area contributed by atoms with Crippen LogP contribution in [-0.4, -0.2) is 0 Å². The molecule has 0 saturated carbocycles. The van der Waals surface area contributed by atoms with E-state index in [1.54, 1.807) is 11.3 Å². The highest BCUT2D eigenvalue weighted by atomic mass is 79.9. The van der Waals surface area contributed by atoms with Gasteiger partial charge in [-0.05, 0) is 36.6 Å². The number of benzene rings is 1. The molecule has 0 aliphatic rings. The summed E-state index contributed by atoms with van der Waals surface area (Å²) in [5.41, 5.74) is 1.53. The molecule has 1 aromatic carbocycles. The molecule has 0 radical (unpaired) electrons. The smallest absolute Gasteiger partial charge is 0.101 e. The second-order valence-electron chi connectivity index (χ2n) is 3.68. The second-order valence-corrected chi connectivity index (χ2v) is 5.58. The summed E-state index contributed by atoms with van der Waals surface area (Å²) in [6, 6.07) is 12.1. The molecule has 0 amide bonds. The van der Waals surface area contributed by atoms with Crippen molar-refractivity contribution in [2.75, 3.05) is 5.32 Å². The number of hydrogen-bond donors (Lipinski definition) is 1. The maximum atomic E-state index is 9.05. The quantitative estimate of drug-likeness (QED) is 0.902. The predicted molar refractivity (Wildman–Crippen MR) is 75.2 cm³/mol. The van der Waals surface area contributed by atoms with Gasteiger partial charge in [-0.2, -0.15) is 5.26 Å². The first-order valence-corrected chi connectivity index (χ1v) is 6.87. The van der Waals surface area contributed by atoms with Gasteiger partial charge in [-0.15, -0.1) is 11.3 Å². The molecule has 0 bridgehead atoms. The lowest BCUT2D eigenvalue weighted by Gasteiger charge is -2.15. The number of hydrogen-bond acceptors (Lipinski definition) is 3. The van der Waals surface area contributed by atoms with Gasteiger partial charge in [0.05, 0.1) is 17.3 Å². The van der Waals surface area contributed by atoms with E-state index in [0.29, 0.717) is 5.56 Å². The summed E-state index contributed by atoms with van der Waals surface area (Å²) >= 11 is 5.13. The molecule has 4 heteroatoms. The molecule has 2 rings (SSSR count). The fourth-order valence-corrected chi connectivity index (χ4v) is 2.67. The molecular weight excluding hydrogens is 296 g/mol. The molecule has 0 saturated heterocycles. The fraction of sp³-hybridized carbons (Fsp3) is 0.154. The molecule has 1 N–H and O–H groups in total. The van der Waals surface area contributed by atoms with E-state index in [1.165, 1.54) is 4.88 Å². The van der Waals surface area contributed by atoms with Gasteiger partial charge in [-0.25, -0.2) is 0 Å². The first kappa shape index (κ1) is 12.2. The van der Waals surface area contributed by atoms with Crippen molar-refractivity contribution in [3.8, 4) is 6.07 Å². The van der Waals surface area contributed by atoms with Gasteiger partial charge in [0, 0.05) is 9.35 Å². The number of anilines is 1. The molecule has 1 unspecified atom stereocenters. The van der Waals surface area contributed by atoms with E-state index in [-0.39, 0.29) is 6.04 Å². The zero-order valence-electron chi connectivity index (χ0n) is 9.27. The summed E-state index contributed by atoms with van der Waals surface area (Å²) in [4.78, 5) is 1.26. The van der Waals surface area contributed by atoms with Crippen LogP contribution in [0.4, 0.5) is 5.69 Å². The van der Waals surface area contributed by atoms with Crippen LogP contribution < -0.4 is 5.32 Å². The monoisotopic (exact) mass is 306 g/mol. The highest BCUT2D eigenvalue weighted by molar-refractivity contribution is 9.10. The summed E-state index contributed by atoms with van der Waals surface area (Å²) in [6.45, 7) is 2.09. The Morgan fingerprint density at radius 1 is 1.41 bits per heavy atom. The van der Waals surface area contributed by atoms with Crippen LogP contribution in [0.1, 0.15) is 23.4 Å². The summed E-state index contributed by atoms with van der Waals surface area (Å²) in [6.07, 6.45) is 0. The average molecular weight is 307 g/mol. The highest BCUT2D eigenvalue weighted by Gasteiger charge is 2.09. The topological polar surface area (TPSA) is 35.8 Å². The zero-order valence-corrected chi connectivity index (χ0v) is 11.7. The van der Waals surface area contributed by atoms with Gasteiger partial charge in [-0.3, -0.25) is 0 Å². The largest absolute Gasteiger partial charge is 0.377 e. The number of nitrogens with zero attached hydrogens (tertiary/aromatic N) is 1. The third kappa shape index (κ3) is 2.87. The van der Waals surface area contributed by atoms with Crippen molar-refractivity contribution >= 4 is 33.0 Å². The van der Waals surface area contributed by atoms with Crippen LogP contribution in [-0.2, 0) is 0 Å². The Balaban J connectivity index is 2.24. The molecule has 0 aliphatic carbocycles. The van der Waals surface area contributed by atoms with Gasteiger partial charge in [-0.1, -0.05) is 22.0 Å². The van der Waals surface area contributed by atoms with Crippen LogP contribution in [0.3, 0.4) is 0 Å². The van der Waals surface area contributed by atoms with E-state index in [9.17, 15) is 0 Å². The predicted octanol–water partition coefficient (Wildman–Crippen LogP) is 4.56. The second kappa shape index (κ2) is 5.35. The van der Waals surface area contributed by atoms with Crippen molar-refractivity contribution in [1.29, 1.82) is 5.26 Å². The molecule has 86 valence electrons. The summed E-state index contributed by atoms with van der Waals surface area (Å²) in [5.74, 6) is 0. The Morgan fingerprint density at radius 3 is 2.88 bits per heavy atom. The molecule has 1 atom stereocenters. The Labute approximate surface area is 113 Å². The van der Waals surface area contributed by atoms with Crippen LogP contribution in [0.25, 0.3) is 0 Å². The van der Waals surface area contributed by atoms with E-state index in [1.807, 2.05) is 24.3 Å². The van der Waals surface area contributed by atoms with Crippen LogP contribution in [0.2, 0.25) is 0 Å². The summed E-state index contributed by atoms with van der Waals surface area (Å²) < 4.78 is 0.970. The number of thiophene rings is 1. The molecule has 1 aromatic heterocycles. The lowest BCUT2D eigenvalue weighted by molar-refractivity contribution is 0.907. The van der Waals surface area contributed by atoms with Crippen LogP contribution >= 0.6 is 27.3 Å². The van der Waals surface area contributed by atoms with Gasteiger partial charge in [0.25, 0.3) is 0 Å². The van der Waals surface area contributed by atoms with Gasteiger partial charge >= 0.3 is 0 Å². The van der Waals surface area contributed by atoms with E-state index in [0.717, 1.165) is 10.2 Å². The lowest BCUT2D eigenvalue weighted by atomic mass is 10.1. The minimum atomic E-state index is 0.205. The minimum Gasteiger partial charge on any atom is -0.377 e. The van der Waals surface area contributed by atoms with Crippen molar-refractivity contribution in [3.05, 3.63) is 50.6 Å². The zero-order chi connectivity index (χ0) is 12.3. The van der Waals surface area contributed by atoms with Crippen molar-refractivity contribution in [2.24, 2.45) is 0 Å². The maximum Gasteiger partial charge on any atom is 0.101 e. The van der Waals surface area contributed by atoms with Gasteiger partial charge in [0.1, 0.15) is 6.07 Å². The van der Waals surface area contributed by atoms with Gasteiger partial charge in [0.15, 0.2) is 0 Å². The Bertz CT molecular complexity index is 543. The summed E-state index contributed by atoms with van der Waals surface area (Å²) in [5, 5.41) is 14.5. The van der Waals surface area contributed by atoms with E-state index in [2.05, 4.69) is 45.7 Å². The molecule has 1 heterocycles. The van der Waals surface area contributed by atoms with Crippen LogP contribution in [0.5, 0.6) is 0 Å². The van der Waals surface area contributed by atoms with E-state index >= 15 is 0 Å². The van der Waals surface area contributed by atoms with E-state index in [4.69, 9.17) is 5.26 Å². The van der Waals surface area contributed by atoms with Gasteiger partial charge < -0.3 is 5.32 Å². The standard InChI is InChI=1S/C13H11BrN2S/c1-9(13-3-2-6-17-13)16-12-7-11(14)5-4-10(12)8-15/h2-7,9,16H,1H3. The Hall–Kier alpha value is -1.31. The highest BCUT2D eigenvalue weighted by Crippen LogP contribution is 2.27. The molecule has 0 aliphatic heterocycles. The molecule has 2 aromatic rings.